The Hall–Kier alpha value is -1.00. The van der Waals surface area contributed by atoms with E-state index in [0.717, 1.165) is 0 Å². The topological polar surface area (TPSA) is 12.0 Å². The summed E-state index contributed by atoms with van der Waals surface area (Å²) < 4.78 is 38.3. The highest BCUT2D eigenvalue weighted by Crippen LogP contribution is 2.34. The monoisotopic (exact) mass is 291 g/mol. The Labute approximate surface area is 116 Å². The lowest BCUT2D eigenvalue weighted by Crippen LogP contribution is -2.23. The highest BCUT2D eigenvalue weighted by Gasteiger charge is 2.35. The smallest absolute Gasteiger partial charge is 0.312 e. The summed E-state index contributed by atoms with van der Waals surface area (Å²) in [7, 11) is 0. The first-order valence-electron chi connectivity index (χ1n) is 6.04. The predicted octanol–water partition coefficient (Wildman–Crippen LogP) is 4.44. The molecule has 0 fully saturated rings. The molecule has 0 heterocycles. The Morgan fingerprint density at radius 3 is 2.26 bits per heavy atom. The fourth-order valence-electron chi connectivity index (χ4n) is 1.60. The number of allylic oxidation sites excluding steroid dienone is 1. The van der Waals surface area contributed by atoms with Gasteiger partial charge in [-0.15, -0.1) is 0 Å². The van der Waals surface area contributed by atoms with Gasteiger partial charge >= 0.3 is 6.18 Å². The van der Waals surface area contributed by atoms with E-state index in [1.165, 1.54) is 0 Å². The Morgan fingerprint density at radius 1 is 1.21 bits per heavy atom. The van der Waals surface area contributed by atoms with Crippen molar-refractivity contribution in [2.45, 2.75) is 20.0 Å². The number of hydrogen-bond donors (Lipinski definition) is 1. The quantitative estimate of drug-likeness (QED) is 0.845. The first kappa shape index (κ1) is 16.1. The van der Waals surface area contributed by atoms with Gasteiger partial charge in [-0.25, -0.2) is 0 Å². The maximum Gasteiger partial charge on any atom is 0.427 e. The van der Waals surface area contributed by atoms with E-state index in [2.05, 4.69) is 5.32 Å². The zero-order valence-electron chi connectivity index (χ0n) is 10.9. The molecule has 0 aromatic heterocycles. The van der Waals surface area contributed by atoms with Crippen molar-refractivity contribution < 1.29 is 13.2 Å². The molecule has 0 bridgehead atoms. The molecule has 0 atom stereocenters. The van der Waals surface area contributed by atoms with Gasteiger partial charge in [-0.3, -0.25) is 0 Å². The summed E-state index contributed by atoms with van der Waals surface area (Å²) in [6.45, 7) is 4.72. The maximum absolute atomic E-state index is 12.8. The van der Waals surface area contributed by atoms with Gasteiger partial charge in [0.2, 0.25) is 0 Å². The molecule has 0 aliphatic rings. The summed E-state index contributed by atoms with van der Waals surface area (Å²) in [5.74, 6) is 0.363. The van der Waals surface area contributed by atoms with Crippen LogP contribution >= 0.6 is 11.6 Å². The molecule has 0 saturated carbocycles. The minimum Gasteiger partial charge on any atom is -0.312 e. The summed E-state index contributed by atoms with van der Waals surface area (Å²) >= 11 is 5.49. The van der Waals surface area contributed by atoms with Crippen molar-refractivity contribution in [1.29, 1.82) is 0 Å². The zero-order chi connectivity index (χ0) is 14.5. The summed E-state index contributed by atoms with van der Waals surface area (Å²) in [6, 6.07) is 8.39. The van der Waals surface area contributed by atoms with Crippen LogP contribution in [0.3, 0.4) is 0 Å². The highest BCUT2D eigenvalue weighted by atomic mass is 35.5. The van der Waals surface area contributed by atoms with Gasteiger partial charge < -0.3 is 5.32 Å². The van der Waals surface area contributed by atoms with Crippen LogP contribution in [0.2, 0.25) is 0 Å². The minimum absolute atomic E-state index is 0.0791. The van der Waals surface area contributed by atoms with Crippen molar-refractivity contribution in [2.24, 2.45) is 5.92 Å². The standard InChI is InChI=1S/C14H17ClF3N/c1-10(2)8-19-9-12(13(15)14(16,17)18)11-6-4-3-5-7-11/h3-7,10,19H,8-9H2,1-2H3/b13-12+. The number of benzene rings is 1. The van der Waals surface area contributed by atoms with Crippen LogP contribution < -0.4 is 5.32 Å². The van der Waals surface area contributed by atoms with Gasteiger partial charge in [0, 0.05) is 6.54 Å². The maximum atomic E-state index is 12.8. The molecule has 5 heteroatoms. The molecule has 0 spiro atoms. The number of alkyl halides is 3. The SMILES string of the molecule is CC(C)CNC/C(=C(\Cl)C(F)(F)F)c1ccccc1. The van der Waals surface area contributed by atoms with Crippen molar-refractivity contribution >= 4 is 17.2 Å². The molecule has 0 saturated heterocycles. The van der Waals surface area contributed by atoms with Crippen molar-refractivity contribution in [3.63, 3.8) is 0 Å². The van der Waals surface area contributed by atoms with Crippen molar-refractivity contribution in [2.75, 3.05) is 13.1 Å². The lowest BCUT2D eigenvalue weighted by atomic mass is 10.0. The van der Waals surface area contributed by atoms with Crippen LogP contribution in [-0.2, 0) is 0 Å². The van der Waals surface area contributed by atoms with Gasteiger partial charge in [0.15, 0.2) is 0 Å². The van der Waals surface area contributed by atoms with Crippen LogP contribution in [-0.4, -0.2) is 19.3 Å². The lowest BCUT2D eigenvalue weighted by molar-refractivity contribution is -0.0840. The number of rotatable bonds is 5. The second-order valence-corrected chi connectivity index (χ2v) is 5.06. The number of nitrogens with one attached hydrogen (secondary N) is 1. The van der Waals surface area contributed by atoms with Crippen LogP contribution in [0.5, 0.6) is 0 Å². The number of hydrogen-bond acceptors (Lipinski definition) is 1. The Balaban J connectivity index is 2.99. The molecule has 1 rings (SSSR count). The molecule has 0 aliphatic carbocycles. The van der Waals surface area contributed by atoms with E-state index < -0.39 is 11.2 Å². The zero-order valence-corrected chi connectivity index (χ0v) is 11.6. The molecule has 0 radical (unpaired) electrons. The first-order chi connectivity index (χ1) is 8.82. The highest BCUT2D eigenvalue weighted by molar-refractivity contribution is 6.33. The summed E-state index contributed by atoms with van der Waals surface area (Å²) in [6.07, 6.45) is -4.52. The lowest BCUT2D eigenvalue weighted by Gasteiger charge is -2.15. The fraction of sp³-hybridized carbons (Fsp3) is 0.429. The average molecular weight is 292 g/mol. The number of halogens is 4. The van der Waals surface area contributed by atoms with Crippen LogP contribution in [0, 0.1) is 5.92 Å². The largest absolute Gasteiger partial charge is 0.427 e. The summed E-state index contributed by atoms with van der Waals surface area (Å²) in [4.78, 5) is 0. The van der Waals surface area contributed by atoms with Gasteiger partial charge in [-0.2, -0.15) is 13.2 Å². The van der Waals surface area contributed by atoms with E-state index in [9.17, 15) is 13.2 Å². The molecule has 1 aromatic carbocycles. The summed E-state index contributed by atoms with van der Waals surface area (Å²) in [5.41, 5.74) is 0.566. The second kappa shape index (κ2) is 6.96. The van der Waals surface area contributed by atoms with E-state index in [-0.39, 0.29) is 12.1 Å². The van der Waals surface area contributed by atoms with Gasteiger partial charge in [0.25, 0.3) is 0 Å². The van der Waals surface area contributed by atoms with Gasteiger partial charge in [-0.05, 0) is 23.6 Å². The van der Waals surface area contributed by atoms with Crippen molar-refractivity contribution in [3.8, 4) is 0 Å². The van der Waals surface area contributed by atoms with E-state index in [4.69, 9.17) is 11.6 Å². The Kier molecular flexibility index (Phi) is 5.88. The molecular formula is C14H17ClF3N. The Morgan fingerprint density at radius 2 is 1.79 bits per heavy atom. The van der Waals surface area contributed by atoms with E-state index in [0.29, 0.717) is 18.0 Å². The average Bonchev–Trinajstić information content (AvgIpc) is 2.33. The molecule has 0 unspecified atom stereocenters. The minimum atomic E-state index is -4.52. The normalized spacial score (nSPS) is 13.6. The van der Waals surface area contributed by atoms with Gasteiger partial charge in [0.1, 0.15) is 5.03 Å². The Bertz CT molecular complexity index is 424. The third-order valence-corrected chi connectivity index (χ3v) is 2.93. The first-order valence-corrected chi connectivity index (χ1v) is 6.42. The van der Waals surface area contributed by atoms with Gasteiger partial charge in [-0.1, -0.05) is 55.8 Å². The molecule has 19 heavy (non-hydrogen) atoms. The molecule has 0 aliphatic heterocycles. The molecule has 0 amide bonds. The van der Waals surface area contributed by atoms with Crippen LogP contribution in [0.4, 0.5) is 13.2 Å². The van der Waals surface area contributed by atoms with E-state index in [1.807, 2.05) is 13.8 Å². The van der Waals surface area contributed by atoms with Crippen LogP contribution in [0.15, 0.2) is 35.4 Å². The molecule has 1 N–H and O–H groups in total. The van der Waals surface area contributed by atoms with E-state index in [1.54, 1.807) is 30.3 Å². The molecule has 1 nitrogen and oxygen atoms in total. The molecular weight excluding hydrogens is 275 g/mol. The van der Waals surface area contributed by atoms with Crippen LogP contribution in [0.1, 0.15) is 19.4 Å². The third kappa shape index (κ3) is 5.25. The van der Waals surface area contributed by atoms with E-state index >= 15 is 0 Å². The second-order valence-electron chi connectivity index (χ2n) is 4.68. The third-order valence-electron chi connectivity index (χ3n) is 2.49. The summed E-state index contributed by atoms with van der Waals surface area (Å²) in [5, 5.41) is 1.93. The molecule has 1 aromatic rings. The van der Waals surface area contributed by atoms with Crippen LogP contribution in [0.25, 0.3) is 5.57 Å². The fourth-order valence-corrected chi connectivity index (χ4v) is 1.78. The van der Waals surface area contributed by atoms with Gasteiger partial charge in [0.05, 0.1) is 0 Å². The predicted molar refractivity (Wildman–Crippen MR) is 73.0 cm³/mol. The molecule has 106 valence electrons. The van der Waals surface area contributed by atoms with Crippen molar-refractivity contribution in [3.05, 3.63) is 40.9 Å². The van der Waals surface area contributed by atoms with Crippen molar-refractivity contribution in [1.82, 2.24) is 5.32 Å².